The van der Waals surface area contributed by atoms with Gasteiger partial charge in [0, 0.05) is 24.5 Å². The Bertz CT molecular complexity index is 815. The zero-order valence-electron chi connectivity index (χ0n) is 12.6. The Morgan fingerprint density at radius 2 is 2.04 bits per heavy atom. The molecule has 2 atom stereocenters. The standard InChI is InChI=1S/C18H18FN3O/c19-15-5-3-13(4-6-15)18-8-16(23)11-22(18)10-12-1-2-14-9-20-21-17(14)7-12/h1-7,9,16,18,23H,8,10-11H2,(H,20,21)/t16-,18-/m0/s1. The smallest absolute Gasteiger partial charge is 0.123 e. The number of benzene rings is 2. The van der Waals surface area contributed by atoms with Crippen LogP contribution in [0.5, 0.6) is 0 Å². The van der Waals surface area contributed by atoms with Crippen LogP contribution in [0.3, 0.4) is 0 Å². The van der Waals surface area contributed by atoms with E-state index in [4.69, 9.17) is 0 Å². The van der Waals surface area contributed by atoms with E-state index in [0.29, 0.717) is 13.0 Å². The molecule has 1 saturated heterocycles. The number of H-pyrrole nitrogens is 1. The molecule has 1 aliphatic heterocycles. The number of rotatable bonds is 3. The van der Waals surface area contributed by atoms with Crippen LogP contribution in [0.1, 0.15) is 23.6 Å². The van der Waals surface area contributed by atoms with Crippen molar-refractivity contribution >= 4 is 10.9 Å². The summed E-state index contributed by atoms with van der Waals surface area (Å²) in [7, 11) is 0. The lowest BCUT2D eigenvalue weighted by Gasteiger charge is -2.24. The summed E-state index contributed by atoms with van der Waals surface area (Å²) in [5, 5.41) is 18.2. The zero-order valence-corrected chi connectivity index (χ0v) is 12.6. The topological polar surface area (TPSA) is 52.1 Å². The predicted octanol–water partition coefficient (Wildman–Crippen LogP) is 3.01. The maximum Gasteiger partial charge on any atom is 0.123 e. The monoisotopic (exact) mass is 311 g/mol. The molecule has 0 amide bonds. The van der Waals surface area contributed by atoms with Gasteiger partial charge < -0.3 is 5.11 Å². The molecule has 4 nitrogen and oxygen atoms in total. The van der Waals surface area contributed by atoms with Crippen LogP contribution in [0.2, 0.25) is 0 Å². The second kappa shape index (κ2) is 5.76. The molecule has 1 aromatic heterocycles. The highest BCUT2D eigenvalue weighted by Crippen LogP contribution is 2.33. The van der Waals surface area contributed by atoms with E-state index in [0.717, 1.165) is 23.0 Å². The highest BCUT2D eigenvalue weighted by Gasteiger charge is 2.31. The third-order valence-electron chi connectivity index (χ3n) is 4.53. The van der Waals surface area contributed by atoms with Crippen molar-refractivity contribution in [2.45, 2.75) is 25.1 Å². The first-order valence-corrected chi connectivity index (χ1v) is 7.78. The van der Waals surface area contributed by atoms with E-state index in [1.807, 2.05) is 18.2 Å². The number of aliphatic hydroxyl groups excluding tert-OH is 1. The van der Waals surface area contributed by atoms with Gasteiger partial charge >= 0.3 is 0 Å². The molecule has 1 fully saturated rings. The molecular weight excluding hydrogens is 293 g/mol. The van der Waals surface area contributed by atoms with E-state index < -0.39 is 0 Å². The van der Waals surface area contributed by atoms with Crippen molar-refractivity contribution in [3.05, 3.63) is 65.6 Å². The van der Waals surface area contributed by atoms with Gasteiger partial charge in [-0.1, -0.05) is 24.3 Å². The van der Waals surface area contributed by atoms with Crippen molar-refractivity contribution in [1.82, 2.24) is 15.1 Å². The molecule has 0 bridgehead atoms. The highest BCUT2D eigenvalue weighted by molar-refractivity contribution is 5.78. The fraction of sp³-hybridized carbons (Fsp3) is 0.278. The first kappa shape index (κ1) is 14.4. The molecule has 23 heavy (non-hydrogen) atoms. The van der Waals surface area contributed by atoms with Crippen molar-refractivity contribution in [3.63, 3.8) is 0 Å². The van der Waals surface area contributed by atoms with Crippen molar-refractivity contribution in [1.29, 1.82) is 0 Å². The molecule has 3 aromatic rings. The Kier molecular flexibility index (Phi) is 3.59. The lowest BCUT2D eigenvalue weighted by atomic mass is 10.0. The number of aliphatic hydroxyl groups is 1. The number of fused-ring (bicyclic) bond motifs is 1. The molecule has 4 rings (SSSR count). The summed E-state index contributed by atoms with van der Waals surface area (Å²) in [6, 6.07) is 12.9. The molecular formula is C18H18FN3O. The Labute approximate surface area is 133 Å². The summed E-state index contributed by atoms with van der Waals surface area (Å²) in [5.41, 5.74) is 3.23. The van der Waals surface area contributed by atoms with Crippen LogP contribution in [0.4, 0.5) is 4.39 Å². The maximum atomic E-state index is 13.1. The fourth-order valence-electron chi connectivity index (χ4n) is 3.40. The number of aromatic amines is 1. The first-order valence-electron chi connectivity index (χ1n) is 7.78. The van der Waals surface area contributed by atoms with Gasteiger partial charge in [-0.05, 0) is 35.7 Å². The Morgan fingerprint density at radius 3 is 2.87 bits per heavy atom. The summed E-state index contributed by atoms with van der Waals surface area (Å²) in [4.78, 5) is 2.25. The van der Waals surface area contributed by atoms with E-state index in [2.05, 4.69) is 27.2 Å². The molecule has 2 aromatic carbocycles. The normalized spacial score (nSPS) is 22.0. The summed E-state index contributed by atoms with van der Waals surface area (Å²) >= 11 is 0. The summed E-state index contributed by atoms with van der Waals surface area (Å²) in [6.07, 6.45) is 2.14. The van der Waals surface area contributed by atoms with Crippen LogP contribution < -0.4 is 0 Å². The van der Waals surface area contributed by atoms with Crippen LogP contribution in [0.15, 0.2) is 48.7 Å². The number of hydrogen-bond acceptors (Lipinski definition) is 3. The van der Waals surface area contributed by atoms with Gasteiger partial charge in [0.25, 0.3) is 0 Å². The molecule has 0 saturated carbocycles. The third-order valence-corrected chi connectivity index (χ3v) is 4.53. The Hall–Kier alpha value is -2.24. The van der Waals surface area contributed by atoms with Crippen LogP contribution >= 0.6 is 0 Å². The minimum atomic E-state index is -0.346. The lowest BCUT2D eigenvalue weighted by Crippen LogP contribution is -2.24. The molecule has 2 heterocycles. The fourth-order valence-corrected chi connectivity index (χ4v) is 3.40. The number of aromatic nitrogens is 2. The van der Waals surface area contributed by atoms with Gasteiger partial charge in [-0.3, -0.25) is 10.00 Å². The minimum absolute atomic E-state index is 0.114. The molecule has 0 unspecified atom stereocenters. The zero-order chi connectivity index (χ0) is 15.8. The molecule has 0 radical (unpaired) electrons. The number of nitrogens with one attached hydrogen (secondary N) is 1. The second-order valence-electron chi connectivity index (χ2n) is 6.18. The number of likely N-dealkylation sites (tertiary alicyclic amines) is 1. The molecule has 5 heteroatoms. The van der Waals surface area contributed by atoms with Crippen LogP contribution in [0.25, 0.3) is 10.9 Å². The van der Waals surface area contributed by atoms with Crippen LogP contribution in [-0.4, -0.2) is 32.9 Å². The van der Waals surface area contributed by atoms with Crippen LogP contribution in [0, 0.1) is 5.82 Å². The van der Waals surface area contributed by atoms with E-state index in [1.54, 1.807) is 6.20 Å². The van der Waals surface area contributed by atoms with Crippen molar-refractivity contribution < 1.29 is 9.50 Å². The van der Waals surface area contributed by atoms with Gasteiger partial charge in [-0.15, -0.1) is 0 Å². The van der Waals surface area contributed by atoms with Gasteiger partial charge in [-0.2, -0.15) is 5.10 Å². The number of nitrogens with zero attached hydrogens (tertiary/aromatic N) is 2. The van der Waals surface area contributed by atoms with E-state index >= 15 is 0 Å². The second-order valence-corrected chi connectivity index (χ2v) is 6.18. The number of halogens is 1. The van der Waals surface area contributed by atoms with Gasteiger partial charge in [0.2, 0.25) is 0 Å². The van der Waals surface area contributed by atoms with E-state index in [9.17, 15) is 9.50 Å². The van der Waals surface area contributed by atoms with E-state index in [-0.39, 0.29) is 18.0 Å². The van der Waals surface area contributed by atoms with Crippen molar-refractivity contribution in [2.24, 2.45) is 0 Å². The van der Waals surface area contributed by atoms with Crippen LogP contribution in [-0.2, 0) is 6.54 Å². The number of β-amino-alcohol motifs (C(OH)–C–C–N with tert-alkyl or cyclic N) is 1. The Balaban J connectivity index is 1.59. The summed E-state index contributed by atoms with van der Waals surface area (Å²) in [5.74, 6) is -0.233. The minimum Gasteiger partial charge on any atom is -0.392 e. The van der Waals surface area contributed by atoms with Crippen molar-refractivity contribution in [3.8, 4) is 0 Å². The van der Waals surface area contributed by atoms with Gasteiger partial charge in [0.1, 0.15) is 5.82 Å². The Morgan fingerprint density at radius 1 is 1.22 bits per heavy atom. The first-order chi connectivity index (χ1) is 11.2. The molecule has 0 spiro atoms. The molecule has 2 N–H and O–H groups in total. The average molecular weight is 311 g/mol. The average Bonchev–Trinajstić information content (AvgIpc) is 3.14. The maximum absolute atomic E-state index is 13.1. The van der Waals surface area contributed by atoms with Gasteiger partial charge in [-0.25, -0.2) is 4.39 Å². The number of hydrogen-bond donors (Lipinski definition) is 2. The van der Waals surface area contributed by atoms with Gasteiger partial charge in [0.05, 0.1) is 17.8 Å². The quantitative estimate of drug-likeness (QED) is 0.782. The molecule has 1 aliphatic rings. The SMILES string of the molecule is O[C@H]1C[C@@H](c2ccc(F)cc2)N(Cc2ccc3cn[nH]c3c2)C1. The summed E-state index contributed by atoms with van der Waals surface area (Å²) < 4.78 is 13.1. The van der Waals surface area contributed by atoms with Crippen molar-refractivity contribution in [2.75, 3.05) is 6.54 Å². The summed E-state index contributed by atoms with van der Waals surface area (Å²) in [6.45, 7) is 1.37. The van der Waals surface area contributed by atoms with Gasteiger partial charge in [0.15, 0.2) is 0 Å². The molecule has 0 aliphatic carbocycles. The molecule has 118 valence electrons. The highest BCUT2D eigenvalue weighted by atomic mass is 19.1. The van der Waals surface area contributed by atoms with E-state index in [1.165, 1.54) is 17.7 Å². The predicted molar refractivity (Wildman–Crippen MR) is 86.3 cm³/mol. The third kappa shape index (κ3) is 2.85. The lowest BCUT2D eigenvalue weighted by molar-refractivity contribution is 0.172. The largest absolute Gasteiger partial charge is 0.392 e.